The van der Waals surface area contributed by atoms with E-state index < -0.39 is 11.7 Å². The van der Waals surface area contributed by atoms with Crippen molar-refractivity contribution in [3.63, 3.8) is 0 Å². The lowest BCUT2D eigenvalue weighted by molar-refractivity contribution is -0.111. The molecule has 1 saturated carbocycles. The van der Waals surface area contributed by atoms with E-state index in [1.54, 1.807) is 48.7 Å². The van der Waals surface area contributed by atoms with E-state index in [0.29, 0.717) is 22.6 Å². The molecule has 0 saturated heterocycles. The molecule has 0 atom stereocenters. The average molecular weight is 417 g/mol. The van der Waals surface area contributed by atoms with Crippen molar-refractivity contribution in [1.82, 2.24) is 10.3 Å². The van der Waals surface area contributed by atoms with Crippen LogP contribution in [0.1, 0.15) is 28.8 Å². The summed E-state index contributed by atoms with van der Waals surface area (Å²) in [5, 5.41) is 5.61. The highest BCUT2D eigenvalue weighted by Gasteiger charge is 2.24. The number of hydrogen-bond acceptors (Lipinski definition) is 4. The number of amides is 2. The highest BCUT2D eigenvalue weighted by atomic mass is 19.1. The molecule has 1 aliphatic rings. The summed E-state index contributed by atoms with van der Waals surface area (Å²) >= 11 is 0. The van der Waals surface area contributed by atoms with Crippen molar-refractivity contribution in [1.29, 1.82) is 0 Å². The van der Waals surface area contributed by atoms with Crippen molar-refractivity contribution in [3.8, 4) is 11.5 Å². The number of para-hydroxylation sites is 1. The fourth-order valence-electron chi connectivity index (χ4n) is 2.87. The minimum atomic E-state index is -0.562. The Labute approximate surface area is 178 Å². The number of rotatable bonds is 7. The van der Waals surface area contributed by atoms with Crippen LogP contribution in [0.3, 0.4) is 0 Å². The molecule has 4 rings (SSSR count). The SMILES string of the molecule is O=C(/C=C/c1ccc(Oc2cccnc2)c(F)c1)Nc1ccccc1C(=O)NC1CC1. The van der Waals surface area contributed by atoms with Gasteiger partial charge in [0.1, 0.15) is 5.75 Å². The molecular formula is C24H20FN3O3. The molecule has 3 aromatic rings. The van der Waals surface area contributed by atoms with E-state index >= 15 is 0 Å². The van der Waals surface area contributed by atoms with E-state index in [0.717, 1.165) is 12.8 Å². The van der Waals surface area contributed by atoms with Crippen LogP contribution in [0, 0.1) is 5.82 Å². The first kappa shape index (κ1) is 20.3. The van der Waals surface area contributed by atoms with Gasteiger partial charge in [-0.15, -0.1) is 0 Å². The van der Waals surface area contributed by atoms with Crippen LogP contribution in [0.2, 0.25) is 0 Å². The van der Waals surface area contributed by atoms with Crippen molar-refractivity contribution >= 4 is 23.6 Å². The summed E-state index contributed by atoms with van der Waals surface area (Å²) in [5.41, 5.74) is 1.31. The first-order valence-corrected chi connectivity index (χ1v) is 9.85. The number of carbonyl (C=O) groups excluding carboxylic acids is 2. The number of ether oxygens (including phenoxy) is 1. The van der Waals surface area contributed by atoms with Crippen molar-refractivity contribution < 1.29 is 18.7 Å². The van der Waals surface area contributed by atoms with Crippen LogP contribution < -0.4 is 15.4 Å². The zero-order valence-corrected chi connectivity index (χ0v) is 16.5. The number of nitrogens with one attached hydrogen (secondary N) is 2. The Kier molecular flexibility index (Phi) is 6.03. The fraction of sp³-hybridized carbons (Fsp3) is 0.125. The fourth-order valence-corrected chi connectivity index (χ4v) is 2.87. The molecule has 2 N–H and O–H groups in total. The number of benzene rings is 2. The van der Waals surface area contributed by atoms with Gasteiger partial charge < -0.3 is 15.4 Å². The molecule has 2 aromatic carbocycles. The molecule has 156 valence electrons. The van der Waals surface area contributed by atoms with Gasteiger partial charge in [-0.1, -0.05) is 18.2 Å². The summed E-state index contributed by atoms with van der Waals surface area (Å²) < 4.78 is 19.8. The summed E-state index contributed by atoms with van der Waals surface area (Å²) in [6, 6.07) is 14.8. The molecule has 0 radical (unpaired) electrons. The second kappa shape index (κ2) is 9.21. The Morgan fingerprint density at radius 1 is 1.10 bits per heavy atom. The third-order valence-corrected chi connectivity index (χ3v) is 4.59. The minimum Gasteiger partial charge on any atom is -0.453 e. The van der Waals surface area contributed by atoms with Crippen LogP contribution in [0.5, 0.6) is 11.5 Å². The number of pyridine rings is 1. The Morgan fingerprint density at radius 3 is 2.68 bits per heavy atom. The predicted molar refractivity (Wildman–Crippen MR) is 115 cm³/mol. The Hall–Kier alpha value is -4.00. The first-order valence-electron chi connectivity index (χ1n) is 9.85. The number of nitrogens with zero attached hydrogens (tertiary/aromatic N) is 1. The molecule has 6 nitrogen and oxygen atoms in total. The number of halogens is 1. The molecule has 1 aromatic heterocycles. The van der Waals surface area contributed by atoms with Crippen molar-refractivity contribution in [2.45, 2.75) is 18.9 Å². The van der Waals surface area contributed by atoms with Gasteiger partial charge in [-0.25, -0.2) is 4.39 Å². The van der Waals surface area contributed by atoms with E-state index in [4.69, 9.17) is 4.74 Å². The largest absolute Gasteiger partial charge is 0.453 e. The number of hydrogen-bond donors (Lipinski definition) is 2. The monoisotopic (exact) mass is 417 g/mol. The lowest BCUT2D eigenvalue weighted by atomic mass is 10.1. The van der Waals surface area contributed by atoms with Crippen LogP contribution in [0.15, 0.2) is 73.1 Å². The predicted octanol–water partition coefficient (Wildman–Crippen LogP) is 4.56. The van der Waals surface area contributed by atoms with Crippen LogP contribution in [-0.4, -0.2) is 22.8 Å². The Balaban J connectivity index is 1.40. The van der Waals surface area contributed by atoms with Crippen LogP contribution >= 0.6 is 0 Å². The molecule has 1 fully saturated rings. The van der Waals surface area contributed by atoms with E-state index in [2.05, 4.69) is 15.6 Å². The molecule has 0 spiro atoms. The van der Waals surface area contributed by atoms with Gasteiger partial charge >= 0.3 is 0 Å². The van der Waals surface area contributed by atoms with Crippen molar-refractivity contribution in [3.05, 3.63) is 90.0 Å². The van der Waals surface area contributed by atoms with Gasteiger partial charge in [-0.3, -0.25) is 14.6 Å². The average Bonchev–Trinajstić information content (AvgIpc) is 3.59. The maximum atomic E-state index is 14.3. The van der Waals surface area contributed by atoms with Gasteiger partial charge in [0.2, 0.25) is 5.91 Å². The van der Waals surface area contributed by atoms with Crippen LogP contribution in [-0.2, 0) is 4.79 Å². The van der Waals surface area contributed by atoms with Gasteiger partial charge in [0.25, 0.3) is 5.91 Å². The summed E-state index contributed by atoms with van der Waals surface area (Å²) in [7, 11) is 0. The van der Waals surface area contributed by atoms with Crippen molar-refractivity contribution in [2.24, 2.45) is 0 Å². The molecule has 1 heterocycles. The molecular weight excluding hydrogens is 397 g/mol. The molecule has 0 bridgehead atoms. The molecule has 2 amide bonds. The highest BCUT2D eigenvalue weighted by molar-refractivity contribution is 6.07. The lowest BCUT2D eigenvalue weighted by Crippen LogP contribution is -2.26. The van der Waals surface area contributed by atoms with Crippen molar-refractivity contribution in [2.75, 3.05) is 5.32 Å². The summed E-state index contributed by atoms with van der Waals surface area (Å²) in [5.74, 6) is -0.719. The van der Waals surface area contributed by atoms with E-state index in [1.165, 1.54) is 30.5 Å². The number of anilines is 1. The van der Waals surface area contributed by atoms with E-state index in [9.17, 15) is 14.0 Å². The second-order valence-corrected chi connectivity index (χ2v) is 7.10. The second-order valence-electron chi connectivity index (χ2n) is 7.10. The first-order chi connectivity index (χ1) is 15.1. The lowest BCUT2D eigenvalue weighted by Gasteiger charge is -2.10. The van der Waals surface area contributed by atoms with Gasteiger partial charge in [-0.2, -0.15) is 0 Å². The molecule has 1 aliphatic carbocycles. The minimum absolute atomic E-state index is 0.0604. The number of aromatic nitrogens is 1. The smallest absolute Gasteiger partial charge is 0.253 e. The van der Waals surface area contributed by atoms with E-state index in [1.807, 2.05) is 0 Å². The van der Waals surface area contributed by atoms with Gasteiger partial charge in [-0.05, 0) is 60.9 Å². The van der Waals surface area contributed by atoms with Crippen LogP contribution in [0.25, 0.3) is 6.08 Å². The molecule has 0 unspecified atom stereocenters. The molecule has 7 heteroatoms. The third-order valence-electron chi connectivity index (χ3n) is 4.59. The normalized spacial score (nSPS) is 13.1. The molecule has 0 aliphatic heterocycles. The maximum absolute atomic E-state index is 14.3. The molecule has 31 heavy (non-hydrogen) atoms. The summed E-state index contributed by atoms with van der Waals surface area (Å²) in [6.45, 7) is 0. The quantitative estimate of drug-likeness (QED) is 0.553. The zero-order chi connectivity index (χ0) is 21.6. The highest BCUT2D eigenvalue weighted by Crippen LogP contribution is 2.25. The topological polar surface area (TPSA) is 80.3 Å². The van der Waals surface area contributed by atoms with Gasteiger partial charge in [0.05, 0.1) is 17.4 Å². The standard InChI is InChI=1S/C24H20FN3O3/c25-20-14-16(7-11-22(20)31-18-4-3-13-26-15-18)8-12-23(29)28-21-6-2-1-5-19(21)24(30)27-17-9-10-17/h1-8,11-15,17H,9-10H2,(H,27,30)(H,28,29)/b12-8+. The zero-order valence-electron chi connectivity index (χ0n) is 16.5. The Morgan fingerprint density at radius 2 is 1.94 bits per heavy atom. The number of carbonyl (C=O) groups is 2. The van der Waals surface area contributed by atoms with Gasteiger partial charge in [0, 0.05) is 18.3 Å². The van der Waals surface area contributed by atoms with Crippen LogP contribution in [0.4, 0.5) is 10.1 Å². The third kappa shape index (κ3) is 5.54. The maximum Gasteiger partial charge on any atom is 0.253 e. The Bertz CT molecular complexity index is 1130. The summed E-state index contributed by atoms with van der Waals surface area (Å²) in [6.07, 6.45) is 7.81. The van der Waals surface area contributed by atoms with Gasteiger partial charge in [0.15, 0.2) is 11.6 Å². The van der Waals surface area contributed by atoms with E-state index in [-0.39, 0.29) is 17.7 Å². The summed E-state index contributed by atoms with van der Waals surface area (Å²) in [4.78, 5) is 28.6.